The first-order valence-corrected chi connectivity index (χ1v) is 6.33. The summed E-state index contributed by atoms with van der Waals surface area (Å²) in [4.78, 5) is 7.52. The summed E-state index contributed by atoms with van der Waals surface area (Å²) in [5.74, 6) is 0.689. The van der Waals surface area contributed by atoms with Gasteiger partial charge in [-0.15, -0.1) is 0 Å². The van der Waals surface area contributed by atoms with Crippen molar-refractivity contribution in [2.45, 2.75) is 5.41 Å². The third-order valence-corrected chi connectivity index (χ3v) is 3.62. The van der Waals surface area contributed by atoms with Gasteiger partial charge in [-0.2, -0.15) is 5.26 Å². The maximum absolute atomic E-state index is 9.21. The zero-order chi connectivity index (χ0) is 12.6. The number of imidazole rings is 1. The molecule has 0 radical (unpaired) electrons. The second-order valence-corrected chi connectivity index (χ2v) is 5.25. The third-order valence-electron chi connectivity index (χ3n) is 3.10. The molecule has 5 heteroatoms. The van der Waals surface area contributed by atoms with Crippen molar-refractivity contribution in [1.29, 1.82) is 5.26 Å². The fraction of sp³-hybridized carbons (Fsp3) is 0.231. The van der Waals surface area contributed by atoms with Crippen LogP contribution in [0.4, 0.5) is 0 Å². The predicted molar refractivity (Wildman–Crippen MR) is 69.8 cm³/mol. The van der Waals surface area contributed by atoms with Gasteiger partial charge in [0.1, 0.15) is 5.82 Å². The molecule has 3 rings (SSSR count). The number of rotatable bonds is 2. The first kappa shape index (κ1) is 11.5. The van der Waals surface area contributed by atoms with Crippen LogP contribution in [-0.2, 0) is 10.2 Å². The first-order chi connectivity index (χ1) is 8.73. The Morgan fingerprint density at radius 2 is 2.06 bits per heavy atom. The van der Waals surface area contributed by atoms with Crippen molar-refractivity contribution in [3.63, 3.8) is 0 Å². The van der Waals surface area contributed by atoms with Crippen LogP contribution in [0.3, 0.4) is 0 Å². The van der Waals surface area contributed by atoms with Gasteiger partial charge < -0.3 is 9.72 Å². The lowest BCUT2D eigenvalue weighted by Gasteiger charge is -2.32. The summed E-state index contributed by atoms with van der Waals surface area (Å²) in [6.07, 6.45) is 1.76. The summed E-state index contributed by atoms with van der Waals surface area (Å²) >= 11 is 3.40. The van der Waals surface area contributed by atoms with Crippen molar-refractivity contribution < 1.29 is 4.74 Å². The number of hydrogen-bond acceptors (Lipinski definition) is 3. The van der Waals surface area contributed by atoms with Crippen LogP contribution in [0.5, 0.6) is 0 Å². The molecular weight excluding hydrogens is 294 g/mol. The smallest absolute Gasteiger partial charge is 0.161 e. The number of aromatic amines is 1. The molecule has 90 valence electrons. The number of benzene rings is 1. The van der Waals surface area contributed by atoms with Gasteiger partial charge in [0.2, 0.25) is 0 Å². The summed E-state index contributed by atoms with van der Waals surface area (Å²) in [6, 6.07) is 10.2. The number of aromatic nitrogens is 2. The molecule has 1 fully saturated rings. The summed E-state index contributed by atoms with van der Waals surface area (Å²) in [5, 5.41) is 9.21. The van der Waals surface area contributed by atoms with Crippen molar-refractivity contribution in [2.75, 3.05) is 13.2 Å². The molecule has 0 atom stereocenters. The molecule has 1 aliphatic rings. The van der Waals surface area contributed by atoms with E-state index in [-0.39, 0.29) is 0 Å². The predicted octanol–water partition coefficient (Wildman–Crippen LogP) is 2.63. The number of nitriles is 1. The van der Waals surface area contributed by atoms with Crippen LogP contribution in [0.15, 0.2) is 34.9 Å². The topological polar surface area (TPSA) is 61.7 Å². The van der Waals surface area contributed by atoms with E-state index in [4.69, 9.17) is 4.74 Å². The molecule has 0 spiro atoms. The largest absolute Gasteiger partial charge is 0.377 e. The lowest BCUT2D eigenvalue weighted by atomic mass is 9.87. The lowest BCUT2D eigenvalue weighted by Crippen LogP contribution is -2.46. The highest BCUT2D eigenvalue weighted by atomic mass is 79.9. The van der Waals surface area contributed by atoms with E-state index in [0.717, 1.165) is 15.7 Å². The van der Waals surface area contributed by atoms with Crippen LogP contribution < -0.4 is 0 Å². The van der Waals surface area contributed by atoms with Gasteiger partial charge in [0.25, 0.3) is 0 Å². The molecule has 1 aliphatic heterocycles. The summed E-state index contributed by atoms with van der Waals surface area (Å²) in [6.45, 7) is 0.827. The van der Waals surface area contributed by atoms with Gasteiger partial charge >= 0.3 is 0 Å². The molecule has 0 aliphatic carbocycles. The second-order valence-electron chi connectivity index (χ2n) is 4.34. The minimum Gasteiger partial charge on any atom is -0.377 e. The number of ether oxygens (including phenoxy) is 1. The van der Waals surface area contributed by atoms with E-state index < -0.39 is 5.41 Å². The quantitative estimate of drug-likeness (QED) is 0.927. The summed E-state index contributed by atoms with van der Waals surface area (Å²) < 4.78 is 6.16. The van der Waals surface area contributed by atoms with Gasteiger partial charge in [0.05, 0.1) is 31.2 Å². The molecule has 2 heterocycles. The van der Waals surface area contributed by atoms with Gasteiger partial charge in [-0.1, -0.05) is 28.1 Å². The van der Waals surface area contributed by atoms with Crippen molar-refractivity contribution in [3.05, 3.63) is 40.8 Å². The van der Waals surface area contributed by atoms with Crippen LogP contribution >= 0.6 is 15.9 Å². The van der Waals surface area contributed by atoms with E-state index in [1.807, 2.05) is 24.3 Å². The molecule has 2 aromatic rings. The highest BCUT2D eigenvalue weighted by Gasteiger charge is 2.43. The number of halogens is 1. The molecule has 18 heavy (non-hydrogen) atoms. The van der Waals surface area contributed by atoms with Crippen molar-refractivity contribution in [1.82, 2.24) is 9.97 Å². The number of H-pyrrole nitrogens is 1. The highest BCUT2D eigenvalue weighted by Crippen LogP contribution is 2.31. The van der Waals surface area contributed by atoms with E-state index in [1.165, 1.54) is 0 Å². The molecule has 1 N–H and O–H groups in total. The Hall–Kier alpha value is -1.64. The Labute approximate surface area is 113 Å². The monoisotopic (exact) mass is 303 g/mol. The zero-order valence-corrected chi connectivity index (χ0v) is 11.1. The fourth-order valence-electron chi connectivity index (χ4n) is 1.90. The SMILES string of the molecule is N#CC1(c2ncc(-c3ccc(Br)cc3)[nH]2)COC1. The van der Waals surface area contributed by atoms with Crippen molar-refractivity contribution in [3.8, 4) is 17.3 Å². The minimum atomic E-state index is -0.590. The van der Waals surface area contributed by atoms with Crippen LogP contribution in [0.1, 0.15) is 5.82 Å². The van der Waals surface area contributed by atoms with E-state index >= 15 is 0 Å². The molecule has 0 amide bonds. The van der Waals surface area contributed by atoms with Gasteiger partial charge in [-0.3, -0.25) is 0 Å². The maximum Gasteiger partial charge on any atom is 0.161 e. The van der Waals surface area contributed by atoms with Gasteiger partial charge in [-0.05, 0) is 17.7 Å². The van der Waals surface area contributed by atoms with E-state index in [0.29, 0.717) is 19.0 Å². The van der Waals surface area contributed by atoms with Crippen molar-refractivity contribution >= 4 is 15.9 Å². The number of nitrogens with one attached hydrogen (secondary N) is 1. The Morgan fingerprint density at radius 3 is 2.61 bits per heavy atom. The highest BCUT2D eigenvalue weighted by molar-refractivity contribution is 9.10. The van der Waals surface area contributed by atoms with Crippen LogP contribution in [0.2, 0.25) is 0 Å². The minimum absolute atomic E-state index is 0.413. The molecule has 1 saturated heterocycles. The Kier molecular flexibility index (Phi) is 2.69. The Balaban J connectivity index is 1.95. The van der Waals surface area contributed by atoms with Crippen molar-refractivity contribution in [2.24, 2.45) is 0 Å². The average molecular weight is 304 g/mol. The zero-order valence-electron chi connectivity index (χ0n) is 9.48. The molecule has 0 unspecified atom stereocenters. The Bertz CT molecular complexity index is 608. The van der Waals surface area contributed by atoms with Crippen LogP contribution in [-0.4, -0.2) is 23.2 Å². The molecule has 4 nitrogen and oxygen atoms in total. The van der Waals surface area contributed by atoms with Crippen LogP contribution in [0.25, 0.3) is 11.3 Å². The van der Waals surface area contributed by atoms with Crippen LogP contribution in [0, 0.1) is 11.3 Å². The Morgan fingerprint density at radius 1 is 1.33 bits per heavy atom. The molecular formula is C13H10BrN3O. The standard InChI is InChI=1S/C13H10BrN3O/c14-10-3-1-9(2-4-10)11-5-16-12(17-11)13(6-15)7-18-8-13/h1-5H,7-8H2,(H,16,17). The molecule has 0 bridgehead atoms. The van der Waals surface area contributed by atoms with E-state index in [9.17, 15) is 5.26 Å². The third kappa shape index (κ3) is 1.74. The summed E-state index contributed by atoms with van der Waals surface area (Å²) in [5.41, 5.74) is 1.37. The van der Waals surface area contributed by atoms with E-state index in [2.05, 4.69) is 32.0 Å². The first-order valence-electron chi connectivity index (χ1n) is 5.54. The number of nitrogens with zero attached hydrogens (tertiary/aromatic N) is 2. The normalized spacial score (nSPS) is 16.9. The van der Waals surface area contributed by atoms with Gasteiger partial charge in [0.15, 0.2) is 5.41 Å². The average Bonchev–Trinajstić information content (AvgIpc) is 2.79. The molecule has 1 aromatic carbocycles. The van der Waals surface area contributed by atoms with E-state index in [1.54, 1.807) is 6.20 Å². The molecule has 1 aromatic heterocycles. The van der Waals surface area contributed by atoms with Gasteiger partial charge in [0, 0.05) is 4.47 Å². The summed E-state index contributed by atoms with van der Waals surface area (Å²) in [7, 11) is 0. The number of hydrogen-bond donors (Lipinski definition) is 1. The van der Waals surface area contributed by atoms with Gasteiger partial charge in [-0.25, -0.2) is 4.98 Å². The lowest BCUT2D eigenvalue weighted by molar-refractivity contribution is -0.0335. The molecule has 0 saturated carbocycles. The maximum atomic E-state index is 9.21. The fourth-order valence-corrected chi connectivity index (χ4v) is 2.17. The second kappa shape index (κ2) is 4.23.